The van der Waals surface area contributed by atoms with Crippen molar-refractivity contribution in [3.63, 3.8) is 0 Å². The number of ether oxygens (including phenoxy) is 2. The summed E-state index contributed by atoms with van der Waals surface area (Å²) in [6.45, 7) is 5.32. The van der Waals surface area contributed by atoms with Gasteiger partial charge < -0.3 is 31.2 Å². The molecule has 0 unspecified atom stereocenters. The second-order valence-electron chi connectivity index (χ2n) is 10.0. The second kappa shape index (κ2) is 12.2. The molecule has 11 nitrogen and oxygen atoms in total. The summed E-state index contributed by atoms with van der Waals surface area (Å²) in [4.78, 5) is 43.3. The molecular formula is C28H34N6O5S. The molecule has 5 N–H and O–H groups in total. The van der Waals surface area contributed by atoms with Gasteiger partial charge in [0.05, 0.1) is 5.69 Å². The van der Waals surface area contributed by atoms with Crippen molar-refractivity contribution in [3.8, 4) is 11.5 Å². The number of carbonyl (C=O) groups excluding carboxylic acids is 3. The molecule has 0 saturated carbocycles. The minimum absolute atomic E-state index is 0.00594. The SMILES string of the molecule is CC(C)CCNC(=O)[C@H](c1ccc(N(C)C)cc1)N(C(=O)c1snc(C(N)=O)c1N)c1ccc2c(c1)OCCO2. The molecular weight excluding hydrogens is 532 g/mol. The lowest BCUT2D eigenvalue weighted by Crippen LogP contribution is -2.44. The average molecular weight is 567 g/mol. The topological polar surface area (TPSA) is 153 Å². The molecule has 40 heavy (non-hydrogen) atoms. The maximum absolute atomic E-state index is 14.3. The largest absolute Gasteiger partial charge is 0.486 e. The first-order valence-corrected chi connectivity index (χ1v) is 13.7. The molecule has 1 aromatic heterocycles. The molecule has 1 atom stereocenters. The van der Waals surface area contributed by atoms with Gasteiger partial charge in [-0.1, -0.05) is 26.0 Å². The predicted octanol–water partition coefficient (Wildman–Crippen LogP) is 3.21. The molecule has 1 aliphatic rings. The van der Waals surface area contributed by atoms with E-state index < -0.39 is 17.9 Å². The number of hydrogen-bond acceptors (Lipinski definition) is 9. The Morgan fingerprint density at radius 2 is 1.68 bits per heavy atom. The maximum atomic E-state index is 14.3. The molecule has 0 spiro atoms. The number of nitrogens with one attached hydrogen (secondary N) is 1. The van der Waals surface area contributed by atoms with Gasteiger partial charge in [-0.25, -0.2) is 0 Å². The summed E-state index contributed by atoms with van der Waals surface area (Å²) in [7, 11) is 3.83. The van der Waals surface area contributed by atoms with Crippen molar-refractivity contribution in [1.82, 2.24) is 9.69 Å². The summed E-state index contributed by atoms with van der Waals surface area (Å²) in [5.74, 6) is -0.485. The van der Waals surface area contributed by atoms with Crippen molar-refractivity contribution >= 4 is 46.3 Å². The van der Waals surface area contributed by atoms with E-state index in [4.69, 9.17) is 20.9 Å². The molecule has 4 rings (SSSR count). The molecule has 1 aliphatic heterocycles. The van der Waals surface area contributed by atoms with Gasteiger partial charge in [-0.15, -0.1) is 0 Å². The second-order valence-corrected chi connectivity index (χ2v) is 10.8. The summed E-state index contributed by atoms with van der Waals surface area (Å²) >= 11 is 0.755. The monoisotopic (exact) mass is 566 g/mol. The van der Waals surface area contributed by atoms with Crippen LogP contribution in [0.2, 0.25) is 0 Å². The number of rotatable bonds is 10. The van der Waals surface area contributed by atoms with E-state index in [1.165, 1.54) is 4.90 Å². The van der Waals surface area contributed by atoms with Gasteiger partial charge >= 0.3 is 0 Å². The Balaban J connectivity index is 1.86. The zero-order valence-electron chi connectivity index (χ0n) is 23.0. The molecule has 12 heteroatoms. The van der Waals surface area contributed by atoms with Crippen molar-refractivity contribution in [2.75, 3.05) is 49.4 Å². The van der Waals surface area contributed by atoms with E-state index >= 15 is 0 Å². The maximum Gasteiger partial charge on any atom is 0.273 e. The molecule has 0 fully saturated rings. The number of aromatic nitrogens is 1. The lowest BCUT2D eigenvalue weighted by Gasteiger charge is -2.32. The van der Waals surface area contributed by atoms with Gasteiger partial charge in [-0.3, -0.25) is 19.3 Å². The summed E-state index contributed by atoms with van der Waals surface area (Å²) in [6, 6.07) is 11.3. The van der Waals surface area contributed by atoms with Crippen LogP contribution in [0.25, 0.3) is 0 Å². The molecule has 0 saturated heterocycles. The number of primary amides is 1. The van der Waals surface area contributed by atoms with Crippen LogP contribution in [0.5, 0.6) is 11.5 Å². The minimum Gasteiger partial charge on any atom is -0.486 e. The normalized spacial score (nSPS) is 13.0. The average Bonchev–Trinajstić information content (AvgIpc) is 3.32. The third-order valence-electron chi connectivity index (χ3n) is 6.43. The highest BCUT2D eigenvalue weighted by molar-refractivity contribution is 7.09. The van der Waals surface area contributed by atoms with Crippen molar-refractivity contribution in [3.05, 3.63) is 58.6 Å². The van der Waals surface area contributed by atoms with Gasteiger partial charge in [0, 0.05) is 38.1 Å². The van der Waals surface area contributed by atoms with Gasteiger partial charge in [-0.05, 0) is 53.7 Å². The van der Waals surface area contributed by atoms with Gasteiger partial charge in [-0.2, -0.15) is 4.37 Å². The molecule has 0 bridgehead atoms. The number of hydrogen-bond donors (Lipinski definition) is 3. The van der Waals surface area contributed by atoms with Crippen LogP contribution in [0.4, 0.5) is 17.1 Å². The van der Waals surface area contributed by atoms with Crippen LogP contribution < -0.4 is 36.1 Å². The van der Waals surface area contributed by atoms with Crippen LogP contribution in [0.1, 0.15) is 52.0 Å². The molecule has 2 aromatic carbocycles. The van der Waals surface area contributed by atoms with E-state index in [-0.39, 0.29) is 22.2 Å². The van der Waals surface area contributed by atoms with Crippen LogP contribution in [-0.4, -0.2) is 55.9 Å². The number of amides is 3. The quantitative estimate of drug-likeness (QED) is 0.338. The Kier molecular flexibility index (Phi) is 8.78. The zero-order valence-corrected chi connectivity index (χ0v) is 23.8. The Morgan fingerprint density at radius 1 is 1.02 bits per heavy atom. The fraction of sp³-hybridized carbons (Fsp3) is 0.357. The summed E-state index contributed by atoms with van der Waals surface area (Å²) in [6.07, 6.45) is 0.764. The zero-order chi connectivity index (χ0) is 29.0. The molecule has 0 aliphatic carbocycles. The third kappa shape index (κ3) is 6.12. The molecule has 3 aromatic rings. The van der Waals surface area contributed by atoms with E-state index in [0.29, 0.717) is 48.4 Å². The first-order valence-electron chi connectivity index (χ1n) is 12.9. The fourth-order valence-corrected chi connectivity index (χ4v) is 5.00. The molecule has 0 radical (unpaired) electrons. The van der Waals surface area contributed by atoms with E-state index in [1.54, 1.807) is 18.2 Å². The lowest BCUT2D eigenvalue weighted by atomic mass is 10.0. The summed E-state index contributed by atoms with van der Waals surface area (Å²) < 4.78 is 15.4. The van der Waals surface area contributed by atoms with Gasteiger partial charge in [0.15, 0.2) is 17.2 Å². The summed E-state index contributed by atoms with van der Waals surface area (Å²) in [5.41, 5.74) is 13.1. The van der Waals surface area contributed by atoms with Crippen LogP contribution in [0.3, 0.4) is 0 Å². The highest BCUT2D eigenvalue weighted by Gasteiger charge is 2.36. The van der Waals surface area contributed by atoms with Crippen LogP contribution in [0.15, 0.2) is 42.5 Å². The fourth-order valence-electron chi connectivity index (χ4n) is 4.26. The van der Waals surface area contributed by atoms with Gasteiger partial charge in [0.2, 0.25) is 5.91 Å². The number of carbonyl (C=O) groups is 3. The van der Waals surface area contributed by atoms with Crippen molar-refractivity contribution < 1.29 is 23.9 Å². The van der Waals surface area contributed by atoms with E-state index in [2.05, 4.69) is 23.5 Å². The number of nitrogen functional groups attached to an aromatic ring is 1. The van der Waals surface area contributed by atoms with Crippen molar-refractivity contribution in [2.45, 2.75) is 26.3 Å². The highest BCUT2D eigenvalue weighted by atomic mass is 32.1. The predicted molar refractivity (Wildman–Crippen MR) is 155 cm³/mol. The lowest BCUT2D eigenvalue weighted by molar-refractivity contribution is -0.122. The Morgan fingerprint density at radius 3 is 2.27 bits per heavy atom. The number of nitrogens with two attached hydrogens (primary N) is 2. The number of benzene rings is 2. The van der Waals surface area contributed by atoms with Gasteiger partial charge in [0.1, 0.15) is 24.1 Å². The van der Waals surface area contributed by atoms with Gasteiger partial charge in [0.25, 0.3) is 11.8 Å². The van der Waals surface area contributed by atoms with E-state index in [9.17, 15) is 14.4 Å². The first kappa shape index (κ1) is 28.7. The Bertz CT molecular complexity index is 1390. The molecule has 212 valence electrons. The standard InChI is InChI=1S/C28H34N6O5S/c1-16(2)11-12-31-27(36)24(17-5-7-18(8-6-17)33(3)4)34(19-9-10-20-21(15-19)39-14-13-38-20)28(37)25-22(29)23(26(30)35)32-40-25/h5-10,15-16,24H,11-14,29H2,1-4H3,(H2,30,35)(H,31,36)/t24-/m0/s1. The van der Waals surface area contributed by atoms with E-state index in [1.807, 2.05) is 43.3 Å². The van der Waals surface area contributed by atoms with Crippen LogP contribution in [0, 0.1) is 5.92 Å². The highest BCUT2D eigenvalue weighted by Crippen LogP contribution is 2.39. The van der Waals surface area contributed by atoms with E-state index in [0.717, 1.165) is 23.6 Å². The number of fused-ring (bicyclic) bond motifs is 1. The molecule has 3 amide bonds. The smallest absolute Gasteiger partial charge is 0.273 e. The Labute approximate surface area is 237 Å². The summed E-state index contributed by atoms with van der Waals surface area (Å²) in [5, 5.41) is 2.99. The van der Waals surface area contributed by atoms with Crippen LogP contribution >= 0.6 is 11.5 Å². The number of anilines is 3. The molecule has 2 heterocycles. The minimum atomic E-state index is -1.09. The van der Waals surface area contributed by atoms with Crippen LogP contribution in [-0.2, 0) is 4.79 Å². The third-order valence-corrected chi connectivity index (χ3v) is 7.28. The first-order chi connectivity index (χ1) is 19.1. The Hall–Kier alpha value is -4.32. The van der Waals surface area contributed by atoms with Crippen molar-refractivity contribution in [2.24, 2.45) is 11.7 Å². The van der Waals surface area contributed by atoms with Crippen molar-refractivity contribution in [1.29, 1.82) is 0 Å². The number of nitrogens with zero attached hydrogens (tertiary/aromatic N) is 3.